The molecule has 0 saturated carbocycles. The van der Waals surface area contributed by atoms with Crippen LogP contribution in [0.25, 0.3) is 27.7 Å². The van der Waals surface area contributed by atoms with Crippen LogP contribution in [-0.4, -0.2) is 40.3 Å². The zero-order valence-corrected chi connectivity index (χ0v) is 21.9. The van der Waals surface area contributed by atoms with Crippen LogP contribution in [0.5, 0.6) is 11.6 Å². The first-order valence-corrected chi connectivity index (χ1v) is 12.5. The van der Waals surface area contributed by atoms with Crippen LogP contribution in [0.15, 0.2) is 86.2 Å². The molecule has 4 heterocycles. The van der Waals surface area contributed by atoms with Crippen molar-refractivity contribution in [2.75, 3.05) is 5.32 Å². The highest BCUT2D eigenvalue weighted by molar-refractivity contribution is 5.94. The Hall–Kier alpha value is -5.51. The molecule has 196 valence electrons. The molecular weight excluding hydrogens is 504 g/mol. The standard InChI is InChI=1S/C30H24N8O2/c1-4-23(39)13-22-6-8-24(19(3)35-22)20-5-9-26-25(12-20)30(32-15-31-26)36-21-7-10-27(18(2)11-21)40-29-14-28-37-34-17-38(28)16-33-29/h4-12,14-17H,1,13H2,2-3H3,(H,31,32,36). The minimum Gasteiger partial charge on any atom is -0.439 e. The summed E-state index contributed by atoms with van der Waals surface area (Å²) in [7, 11) is 0. The molecule has 6 aromatic rings. The van der Waals surface area contributed by atoms with E-state index in [2.05, 4.69) is 42.0 Å². The molecule has 0 saturated heterocycles. The largest absolute Gasteiger partial charge is 0.439 e. The lowest BCUT2D eigenvalue weighted by Crippen LogP contribution is -2.02. The van der Waals surface area contributed by atoms with Gasteiger partial charge < -0.3 is 10.1 Å². The minimum absolute atomic E-state index is 0.0573. The number of hydrogen-bond donors (Lipinski definition) is 1. The van der Waals surface area contributed by atoms with Crippen molar-refractivity contribution in [2.45, 2.75) is 20.3 Å². The second-order valence-electron chi connectivity index (χ2n) is 9.27. The first-order chi connectivity index (χ1) is 19.5. The number of nitrogens with one attached hydrogen (secondary N) is 1. The summed E-state index contributed by atoms with van der Waals surface area (Å²) in [6.45, 7) is 7.44. The lowest BCUT2D eigenvalue weighted by molar-refractivity contribution is -0.114. The van der Waals surface area contributed by atoms with Gasteiger partial charge in [-0.2, -0.15) is 0 Å². The maximum atomic E-state index is 11.7. The molecule has 0 aliphatic rings. The van der Waals surface area contributed by atoms with E-state index in [1.807, 2.05) is 62.4 Å². The summed E-state index contributed by atoms with van der Waals surface area (Å²) < 4.78 is 7.71. The second kappa shape index (κ2) is 10.3. The molecule has 0 aliphatic heterocycles. The molecule has 1 N–H and O–H groups in total. The minimum atomic E-state index is -0.0573. The van der Waals surface area contributed by atoms with Crippen molar-refractivity contribution in [2.24, 2.45) is 0 Å². The van der Waals surface area contributed by atoms with E-state index in [0.29, 0.717) is 23.1 Å². The second-order valence-corrected chi connectivity index (χ2v) is 9.27. The number of ketones is 1. The lowest BCUT2D eigenvalue weighted by Gasteiger charge is -2.13. The highest BCUT2D eigenvalue weighted by Crippen LogP contribution is 2.32. The van der Waals surface area contributed by atoms with Gasteiger partial charge in [0, 0.05) is 34.1 Å². The Bertz CT molecular complexity index is 1910. The van der Waals surface area contributed by atoms with Crippen LogP contribution < -0.4 is 10.1 Å². The fourth-order valence-corrected chi connectivity index (χ4v) is 4.45. The van der Waals surface area contributed by atoms with Crippen LogP contribution >= 0.6 is 0 Å². The van der Waals surface area contributed by atoms with Gasteiger partial charge in [0.05, 0.1) is 11.9 Å². The number of anilines is 2. The van der Waals surface area contributed by atoms with E-state index in [1.165, 1.54) is 6.08 Å². The fourth-order valence-electron chi connectivity index (χ4n) is 4.45. The fraction of sp³-hybridized carbons (Fsp3) is 0.100. The number of aromatic nitrogens is 7. The van der Waals surface area contributed by atoms with Crippen molar-refractivity contribution >= 4 is 33.8 Å². The summed E-state index contributed by atoms with van der Waals surface area (Å²) in [5.74, 6) is 1.73. The molecule has 0 bridgehead atoms. The number of aryl methyl sites for hydroxylation is 2. The van der Waals surface area contributed by atoms with Crippen molar-refractivity contribution in [3.63, 3.8) is 0 Å². The van der Waals surface area contributed by atoms with Crippen molar-refractivity contribution in [3.05, 3.63) is 103 Å². The average Bonchev–Trinajstić information content (AvgIpc) is 3.43. The molecule has 0 atom stereocenters. The molecule has 0 amide bonds. The number of rotatable bonds is 8. The van der Waals surface area contributed by atoms with Gasteiger partial charge >= 0.3 is 0 Å². The number of pyridine rings is 1. The molecule has 10 nitrogen and oxygen atoms in total. The van der Waals surface area contributed by atoms with Crippen molar-refractivity contribution in [1.82, 2.24) is 34.5 Å². The summed E-state index contributed by atoms with van der Waals surface area (Å²) in [5, 5.41) is 12.2. The molecule has 6 rings (SSSR count). The highest BCUT2D eigenvalue weighted by atomic mass is 16.5. The van der Waals surface area contributed by atoms with Crippen LogP contribution in [0.2, 0.25) is 0 Å². The van der Waals surface area contributed by atoms with Crippen molar-refractivity contribution in [1.29, 1.82) is 0 Å². The Morgan fingerprint density at radius 2 is 1.93 bits per heavy atom. The zero-order chi connectivity index (χ0) is 27.6. The average molecular weight is 529 g/mol. The van der Waals surface area contributed by atoms with Crippen molar-refractivity contribution < 1.29 is 9.53 Å². The number of benzene rings is 2. The number of carbonyl (C=O) groups is 1. The Morgan fingerprint density at radius 3 is 2.75 bits per heavy atom. The van der Waals surface area contributed by atoms with Crippen LogP contribution in [0.3, 0.4) is 0 Å². The van der Waals surface area contributed by atoms with Gasteiger partial charge in [-0.3, -0.25) is 14.2 Å². The Morgan fingerprint density at radius 1 is 1.02 bits per heavy atom. The zero-order valence-electron chi connectivity index (χ0n) is 21.9. The quantitative estimate of drug-likeness (QED) is 0.252. The lowest BCUT2D eigenvalue weighted by atomic mass is 10.0. The van der Waals surface area contributed by atoms with Crippen LogP contribution in [-0.2, 0) is 11.2 Å². The van der Waals surface area contributed by atoms with E-state index in [-0.39, 0.29) is 12.2 Å². The number of fused-ring (bicyclic) bond motifs is 2. The molecule has 10 heteroatoms. The van der Waals surface area contributed by atoms with Gasteiger partial charge in [0.15, 0.2) is 11.4 Å². The maximum Gasteiger partial charge on any atom is 0.224 e. The molecular formula is C30H24N8O2. The predicted octanol–water partition coefficient (Wildman–Crippen LogP) is 5.58. The molecule has 0 spiro atoms. The van der Waals surface area contributed by atoms with Crippen molar-refractivity contribution in [3.8, 4) is 22.8 Å². The monoisotopic (exact) mass is 528 g/mol. The van der Waals surface area contributed by atoms with E-state index in [0.717, 1.165) is 44.7 Å². The number of carbonyl (C=O) groups excluding carboxylic acids is 1. The van der Waals surface area contributed by atoms with E-state index in [9.17, 15) is 4.79 Å². The summed E-state index contributed by atoms with van der Waals surface area (Å²) in [6, 6.07) is 17.4. The number of allylic oxidation sites excluding steroid dienone is 1. The van der Waals surface area contributed by atoms with Gasteiger partial charge in [0.2, 0.25) is 5.88 Å². The molecule has 2 aromatic carbocycles. The van der Waals surface area contributed by atoms with Gasteiger partial charge in [-0.05, 0) is 67.4 Å². The number of nitrogens with zero attached hydrogens (tertiary/aromatic N) is 7. The van der Waals surface area contributed by atoms with Crippen LogP contribution in [0.4, 0.5) is 11.5 Å². The van der Waals surface area contributed by atoms with Gasteiger partial charge in [-0.1, -0.05) is 18.7 Å². The third-order valence-electron chi connectivity index (χ3n) is 6.49. The third-order valence-corrected chi connectivity index (χ3v) is 6.49. The number of ether oxygens (including phenoxy) is 1. The molecule has 0 radical (unpaired) electrons. The Labute approximate surface area is 229 Å². The molecule has 4 aromatic heterocycles. The summed E-state index contributed by atoms with van der Waals surface area (Å²) in [4.78, 5) is 29.6. The molecule has 40 heavy (non-hydrogen) atoms. The maximum absolute atomic E-state index is 11.7. The molecule has 0 fully saturated rings. The summed E-state index contributed by atoms with van der Waals surface area (Å²) in [6.07, 6.45) is 6.29. The molecule has 0 unspecified atom stereocenters. The Balaban J connectivity index is 1.26. The van der Waals surface area contributed by atoms with Gasteiger partial charge in [-0.25, -0.2) is 15.0 Å². The SMILES string of the molecule is C=CC(=O)Cc1ccc(-c2ccc3ncnc(Nc4ccc(Oc5cc6nncn6cn5)c(C)c4)c3c2)c(C)n1. The Kier molecular flexibility index (Phi) is 6.41. The van der Waals surface area contributed by atoms with Gasteiger partial charge in [0.1, 0.15) is 30.5 Å². The first-order valence-electron chi connectivity index (χ1n) is 12.5. The normalized spacial score (nSPS) is 11.1. The highest BCUT2D eigenvalue weighted by Gasteiger charge is 2.12. The van der Waals surface area contributed by atoms with Gasteiger partial charge in [-0.15, -0.1) is 10.2 Å². The van der Waals surface area contributed by atoms with E-state index in [4.69, 9.17) is 4.74 Å². The number of hydrogen-bond acceptors (Lipinski definition) is 9. The first kappa shape index (κ1) is 24.8. The van der Waals surface area contributed by atoms with E-state index >= 15 is 0 Å². The smallest absolute Gasteiger partial charge is 0.224 e. The predicted molar refractivity (Wildman–Crippen MR) is 152 cm³/mol. The van der Waals surface area contributed by atoms with Gasteiger partial charge in [0.25, 0.3) is 0 Å². The van der Waals surface area contributed by atoms with E-state index < -0.39 is 0 Å². The van der Waals surface area contributed by atoms with Crippen LogP contribution in [0.1, 0.15) is 17.0 Å². The van der Waals surface area contributed by atoms with E-state index in [1.54, 1.807) is 29.4 Å². The molecule has 0 aliphatic carbocycles. The van der Waals surface area contributed by atoms with Crippen LogP contribution in [0, 0.1) is 13.8 Å². The summed E-state index contributed by atoms with van der Waals surface area (Å²) in [5.41, 5.74) is 6.75. The topological polar surface area (TPSA) is 120 Å². The third kappa shape index (κ3) is 4.97. The summed E-state index contributed by atoms with van der Waals surface area (Å²) >= 11 is 0.